The molecule has 1 aromatic carbocycles. The van der Waals surface area contributed by atoms with Gasteiger partial charge in [-0.25, -0.2) is 9.50 Å². The van der Waals surface area contributed by atoms with Crippen LogP contribution in [0.3, 0.4) is 0 Å². The van der Waals surface area contributed by atoms with Crippen molar-refractivity contribution in [2.45, 2.75) is 0 Å². The lowest BCUT2D eigenvalue weighted by Gasteiger charge is -2.26. The van der Waals surface area contributed by atoms with Crippen molar-refractivity contribution >= 4 is 34.1 Å². The molecule has 122 valence electrons. The van der Waals surface area contributed by atoms with Gasteiger partial charge in [-0.3, -0.25) is 4.79 Å². The Morgan fingerprint density at radius 2 is 1.83 bits per heavy atom. The van der Waals surface area contributed by atoms with Gasteiger partial charge in [0.1, 0.15) is 3.70 Å². The largest absolute Gasteiger partial charge is 0.378 e. The number of carbonyl (C=O) groups excluding carboxylic acids is 1. The fourth-order valence-corrected chi connectivity index (χ4v) is 3.23. The van der Waals surface area contributed by atoms with Crippen LogP contribution < -0.4 is 0 Å². The summed E-state index contributed by atoms with van der Waals surface area (Å²) in [5.74, 6) is 0.0532. The number of amides is 1. The van der Waals surface area contributed by atoms with Crippen LogP contribution in [0, 0.1) is 3.70 Å². The summed E-state index contributed by atoms with van der Waals surface area (Å²) in [5, 5.41) is 4.60. The van der Waals surface area contributed by atoms with E-state index in [2.05, 4.69) is 32.7 Å². The van der Waals surface area contributed by atoms with Crippen molar-refractivity contribution in [3.63, 3.8) is 0 Å². The molecule has 4 rings (SSSR count). The summed E-state index contributed by atoms with van der Waals surface area (Å²) < 4.78 is 8.06. The Kier molecular flexibility index (Phi) is 4.19. The van der Waals surface area contributed by atoms with Crippen LogP contribution in [-0.4, -0.2) is 51.7 Å². The number of halogens is 1. The molecule has 1 aliphatic rings. The maximum atomic E-state index is 12.5. The van der Waals surface area contributed by atoms with Crippen molar-refractivity contribution in [1.82, 2.24) is 19.5 Å². The number of imidazole rings is 1. The van der Waals surface area contributed by atoms with Gasteiger partial charge in [-0.15, -0.1) is 0 Å². The molecule has 7 heteroatoms. The van der Waals surface area contributed by atoms with Gasteiger partial charge in [0.2, 0.25) is 0 Å². The summed E-state index contributed by atoms with van der Waals surface area (Å²) in [6.07, 6.45) is 1.79. The first kappa shape index (κ1) is 15.5. The van der Waals surface area contributed by atoms with Crippen LogP contribution >= 0.6 is 22.6 Å². The van der Waals surface area contributed by atoms with Gasteiger partial charge < -0.3 is 9.64 Å². The number of hydrogen-bond acceptors (Lipinski definition) is 4. The maximum absolute atomic E-state index is 12.5. The topological polar surface area (TPSA) is 59.7 Å². The Morgan fingerprint density at radius 1 is 1.08 bits per heavy atom. The van der Waals surface area contributed by atoms with Crippen molar-refractivity contribution in [1.29, 1.82) is 0 Å². The second-order valence-electron chi connectivity index (χ2n) is 5.55. The van der Waals surface area contributed by atoms with Gasteiger partial charge >= 0.3 is 0 Å². The molecular weight excluding hydrogens is 419 g/mol. The van der Waals surface area contributed by atoms with E-state index in [1.54, 1.807) is 6.20 Å². The minimum atomic E-state index is 0.0532. The van der Waals surface area contributed by atoms with Crippen LogP contribution in [0.5, 0.6) is 0 Å². The molecule has 0 radical (unpaired) electrons. The summed E-state index contributed by atoms with van der Waals surface area (Å²) in [5.41, 5.74) is 3.34. The molecule has 0 N–H and O–H groups in total. The third-order valence-electron chi connectivity index (χ3n) is 4.05. The smallest absolute Gasteiger partial charge is 0.254 e. The lowest BCUT2D eigenvalue weighted by atomic mass is 10.1. The lowest BCUT2D eigenvalue weighted by molar-refractivity contribution is 0.0303. The van der Waals surface area contributed by atoms with Crippen LogP contribution in [0.2, 0.25) is 0 Å². The van der Waals surface area contributed by atoms with Crippen LogP contribution in [0.25, 0.3) is 16.9 Å². The molecule has 2 aromatic heterocycles. The highest BCUT2D eigenvalue weighted by atomic mass is 127. The number of benzene rings is 1. The van der Waals surface area contributed by atoms with Crippen LogP contribution in [0.4, 0.5) is 0 Å². The third-order valence-corrected chi connectivity index (χ3v) is 4.78. The molecule has 3 aromatic rings. The lowest BCUT2D eigenvalue weighted by Crippen LogP contribution is -2.40. The normalized spacial score (nSPS) is 15.0. The minimum Gasteiger partial charge on any atom is -0.378 e. The van der Waals surface area contributed by atoms with Crippen molar-refractivity contribution < 1.29 is 9.53 Å². The van der Waals surface area contributed by atoms with E-state index in [4.69, 9.17) is 4.74 Å². The van der Waals surface area contributed by atoms with E-state index in [0.717, 1.165) is 20.6 Å². The van der Waals surface area contributed by atoms with Crippen molar-refractivity contribution in [3.8, 4) is 11.3 Å². The second-order valence-corrected chi connectivity index (χ2v) is 6.66. The van der Waals surface area contributed by atoms with Crippen molar-refractivity contribution in [3.05, 3.63) is 51.9 Å². The standard InChI is InChI=1S/C17H15IN4O2/c18-15-11-19-16-6-5-14(20-22(15)16)12-1-3-13(4-2-12)17(23)21-7-9-24-10-8-21/h1-6,11H,7-10H2. The first-order chi connectivity index (χ1) is 11.7. The molecule has 1 fully saturated rings. The monoisotopic (exact) mass is 434 g/mol. The van der Waals surface area contributed by atoms with E-state index >= 15 is 0 Å². The molecule has 1 aliphatic heterocycles. The van der Waals surface area contributed by atoms with Crippen LogP contribution in [0.1, 0.15) is 10.4 Å². The molecule has 0 bridgehead atoms. The molecule has 0 spiro atoms. The molecular formula is C17H15IN4O2. The van der Waals surface area contributed by atoms with Gasteiger partial charge in [-0.2, -0.15) is 5.10 Å². The van der Waals surface area contributed by atoms with Crippen LogP contribution in [0.15, 0.2) is 42.6 Å². The number of carbonyl (C=O) groups is 1. The van der Waals surface area contributed by atoms with E-state index in [9.17, 15) is 4.79 Å². The molecule has 0 saturated carbocycles. The average molecular weight is 434 g/mol. The van der Waals surface area contributed by atoms with E-state index in [1.807, 2.05) is 45.8 Å². The Balaban J connectivity index is 1.60. The van der Waals surface area contributed by atoms with Gasteiger partial charge in [0, 0.05) is 24.2 Å². The van der Waals surface area contributed by atoms with Gasteiger partial charge in [0.05, 0.1) is 25.1 Å². The molecule has 0 aliphatic carbocycles. The van der Waals surface area contributed by atoms with Gasteiger partial charge in [0.15, 0.2) is 5.65 Å². The zero-order chi connectivity index (χ0) is 16.5. The predicted octanol–water partition coefficient (Wildman–Crippen LogP) is 2.47. The molecule has 0 atom stereocenters. The Bertz CT molecular complexity index is 885. The van der Waals surface area contributed by atoms with Gasteiger partial charge in [-0.1, -0.05) is 12.1 Å². The number of rotatable bonds is 2. The fraction of sp³-hybridized carbons (Fsp3) is 0.235. The highest BCUT2D eigenvalue weighted by molar-refractivity contribution is 14.1. The molecule has 6 nitrogen and oxygen atoms in total. The summed E-state index contributed by atoms with van der Waals surface area (Å²) in [6.45, 7) is 2.52. The molecule has 0 unspecified atom stereocenters. The van der Waals surface area contributed by atoms with Gasteiger partial charge in [0.25, 0.3) is 5.91 Å². The first-order valence-corrected chi connectivity index (χ1v) is 8.78. The number of nitrogens with zero attached hydrogens (tertiary/aromatic N) is 4. The summed E-state index contributed by atoms with van der Waals surface area (Å²) >= 11 is 2.21. The van der Waals surface area contributed by atoms with Crippen molar-refractivity contribution in [2.24, 2.45) is 0 Å². The Labute approximate surface area is 152 Å². The van der Waals surface area contributed by atoms with E-state index < -0.39 is 0 Å². The fourth-order valence-electron chi connectivity index (χ4n) is 2.73. The summed E-state index contributed by atoms with van der Waals surface area (Å²) in [6, 6.07) is 11.5. The zero-order valence-corrected chi connectivity index (χ0v) is 15.0. The van der Waals surface area contributed by atoms with Gasteiger partial charge in [-0.05, 0) is 46.9 Å². The highest BCUT2D eigenvalue weighted by Crippen LogP contribution is 2.20. The average Bonchev–Trinajstić information content (AvgIpc) is 3.02. The quantitative estimate of drug-likeness (QED) is 0.582. The van der Waals surface area contributed by atoms with Crippen LogP contribution in [-0.2, 0) is 4.74 Å². The first-order valence-electron chi connectivity index (χ1n) is 7.70. The van der Waals surface area contributed by atoms with E-state index in [-0.39, 0.29) is 5.91 Å². The maximum Gasteiger partial charge on any atom is 0.254 e. The number of morpholine rings is 1. The second kappa shape index (κ2) is 6.48. The van der Waals surface area contributed by atoms with E-state index in [0.29, 0.717) is 31.9 Å². The molecule has 3 heterocycles. The third kappa shape index (κ3) is 2.89. The number of fused-ring (bicyclic) bond motifs is 1. The minimum absolute atomic E-state index is 0.0532. The predicted molar refractivity (Wildman–Crippen MR) is 97.9 cm³/mol. The van der Waals surface area contributed by atoms with E-state index in [1.165, 1.54) is 0 Å². The molecule has 1 amide bonds. The summed E-state index contributed by atoms with van der Waals surface area (Å²) in [7, 11) is 0. The molecule has 1 saturated heterocycles. The molecule has 24 heavy (non-hydrogen) atoms. The SMILES string of the molecule is O=C(c1ccc(-c2ccc3ncc(I)n3n2)cc1)N1CCOCC1. The zero-order valence-electron chi connectivity index (χ0n) is 12.9. The number of ether oxygens (including phenoxy) is 1. The Hall–Kier alpha value is -2.00. The number of aromatic nitrogens is 3. The number of hydrogen-bond donors (Lipinski definition) is 0. The summed E-state index contributed by atoms with van der Waals surface area (Å²) in [4.78, 5) is 18.6. The van der Waals surface area contributed by atoms with Crippen molar-refractivity contribution in [2.75, 3.05) is 26.3 Å². The Morgan fingerprint density at radius 3 is 2.58 bits per heavy atom. The highest BCUT2D eigenvalue weighted by Gasteiger charge is 2.18.